The third kappa shape index (κ3) is 6.47. The first kappa shape index (κ1) is 11.8. The highest BCUT2D eigenvalue weighted by molar-refractivity contribution is 6.10. The molecule has 0 aromatic rings. The van der Waals surface area contributed by atoms with Gasteiger partial charge in [-0.1, -0.05) is 19.9 Å². The Morgan fingerprint density at radius 2 is 2.00 bits per heavy atom. The van der Waals surface area contributed by atoms with Crippen molar-refractivity contribution < 1.29 is 4.74 Å². The predicted molar refractivity (Wildman–Crippen MR) is 57.1 cm³/mol. The van der Waals surface area contributed by atoms with Gasteiger partial charge in [0.25, 0.3) is 0 Å². The lowest BCUT2D eigenvalue weighted by Crippen LogP contribution is -2.21. The van der Waals surface area contributed by atoms with Crippen LogP contribution in [0.5, 0.6) is 0 Å². The van der Waals surface area contributed by atoms with Crippen molar-refractivity contribution in [1.29, 1.82) is 0 Å². The second kappa shape index (κ2) is 6.30. The fourth-order valence-corrected chi connectivity index (χ4v) is 1.30. The van der Waals surface area contributed by atoms with E-state index in [4.69, 9.17) is 4.74 Å². The Morgan fingerprint density at radius 1 is 1.42 bits per heavy atom. The summed E-state index contributed by atoms with van der Waals surface area (Å²) in [5, 5.41) is 0. The van der Waals surface area contributed by atoms with Gasteiger partial charge in [-0.3, -0.25) is 0 Å². The van der Waals surface area contributed by atoms with Crippen LogP contribution in [0, 0.1) is 5.92 Å². The summed E-state index contributed by atoms with van der Waals surface area (Å²) in [5.41, 5.74) is 0. The summed E-state index contributed by atoms with van der Waals surface area (Å²) in [7, 11) is 2.08. The van der Waals surface area contributed by atoms with Crippen LogP contribution in [0.4, 0.5) is 0 Å². The van der Waals surface area contributed by atoms with E-state index in [0.717, 1.165) is 12.8 Å². The molecular formula is C10H21BO. The molecule has 70 valence electrons. The lowest BCUT2D eigenvalue weighted by Gasteiger charge is -2.20. The average molecular weight is 168 g/mol. The minimum atomic E-state index is 0.327. The van der Waals surface area contributed by atoms with E-state index in [9.17, 15) is 0 Å². The van der Waals surface area contributed by atoms with Crippen LogP contribution in [0.1, 0.15) is 33.6 Å². The molecule has 0 heterocycles. The normalized spacial score (nSPS) is 16.0. The van der Waals surface area contributed by atoms with E-state index < -0.39 is 0 Å². The molecule has 0 saturated heterocycles. The minimum absolute atomic E-state index is 0.327. The van der Waals surface area contributed by atoms with Crippen LogP contribution in [-0.4, -0.2) is 20.0 Å². The van der Waals surface area contributed by atoms with Crippen molar-refractivity contribution in [1.82, 2.24) is 0 Å². The highest BCUT2D eigenvalue weighted by Gasteiger charge is 2.10. The third-order valence-electron chi connectivity index (χ3n) is 1.63. The third-order valence-corrected chi connectivity index (χ3v) is 1.63. The Kier molecular flexibility index (Phi) is 6.18. The molecule has 0 saturated carbocycles. The van der Waals surface area contributed by atoms with E-state index >= 15 is 0 Å². The molecule has 0 N–H and O–H groups in total. The van der Waals surface area contributed by atoms with Gasteiger partial charge in [0.2, 0.25) is 0 Å². The summed E-state index contributed by atoms with van der Waals surface area (Å²) in [4.78, 5) is 0. The van der Waals surface area contributed by atoms with Crippen LogP contribution in [-0.2, 0) is 4.74 Å². The quantitative estimate of drug-likeness (QED) is 0.435. The molecule has 0 bridgehead atoms. The molecule has 0 aliphatic carbocycles. The molecule has 0 aliphatic heterocycles. The van der Waals surface area contributed by atoms with Gasteiger partial charge in [0.05, 0.1) is 6.10 Å². The summed E-state index contributed by atoms with van der Waals surface area (Å²) in [6.45, 7) is 10.3. The van der Waals surface area contributed by atoms with Crippen LogP contribution in [0.15, 0.2) is 12.7 Å². The van der Waals surface area contributed by atoms with Crippen molar-refractivity contribution in [2.75, 3.05) is 0 Å². The molecule has 0 amide bonds. The van der Waals surface area contributed by atoms with E-state index in [1.54, 1.807) is 0 Å². The van der Waals surface area contributed by atoms with E-state index in [2.05, 4.69) is 35.2 Å². The van der Waals surface area contributed by atoms with Crippen molar-refractivity contribution in [3.8, 4) is 0 Å². The van der Waals surface area contributed by atoms with E-state index in [1.165, 1.54) is 0 Å². The molecule has 12 heavy (non-hydrogen) atoms. The zero-order chi connectivity index (χ0) is 9.56. The molecule has 0 spiro atoms. The van der Waals surface area contributed by atoms with Gasteiger partial charge in [-0.15, -0.1) is 6.58 Å². The predicted octanol–water partition coefficient (Wildman–Crippen LogP) is 1.97. The maximum Gasteiger partial charge on any atom is 0.138 e. The van der Waals surface area contributed by atoms with E-state index in [-0.39, 0.29) is 0 Å². The molecule has 0 aromatic heterocycles. The summed E-state index contributed by atoms with van der Waals surface area (Å²) >= 11 is 0. The molecule has 0 aliphatic rings. The molecule has 0 aromatic carbocycles. The van der Waals surface area contributed by atoms with Crippen molar-refractivity contribution in [2.24, 2.45) is 5.92 Å². The van der Waals surface area contributed by atoms with Gasteiger partial charge in [-0.05, 0) is 25.7 Å². The fourth-order valence-electron chi connectivity index (χ4n) is 1.30. The van der Waals surface area contributed by atoms with Crippen LogP contribution >= 0.6 is 0 Å². The summed E-state index contributed by atoms with van der Waals surface area (Å²) < 4.78 is 5.73. The van der Waals surface area contributed by atoms with Gasteiger partial charge in [-0.2, -0.15) is 0 Å². The number of hydrogen-bond donors (Lipinski definition) is 0. The number of rotatable bonds is 6. The first-order valence-corrected chi connectivity index (χ1v) is 4.82. The SMILES string of the molecule is BC(C)O[C@@H](CC=C)CC(C)C. The van der Waals surface area contributed by atoms with E-state index in [1.807, 2.05) is 6.08 Å². The van der Waals surface area contributed by atoms with Crippen LogP contribution in [0.25, 0.3) is 0 Å². The summed E-state index contributed by atoms with van der Waals surface area (Å²) in [6, 6.07) is 0.327. The van der Waals surface area contributed by atoms with Gasteiger partial charge >= 0.3 is 0 Å². The molecule has 2 atom stereocenters. The molecule has 2 heteroatoms. The second-order valence-corrected chi connectivity index (χ2v) is 3.96. The molecule has 0 fully saturated rings. The highest BCUT2D eigenvalue weighted by atomic mass is 16.5. The Balaban J connectivity index is 3.77. The Hall–Kier alpha value is -0.235. The van der Waals surface area contributed by atoms with Gasteiger partial charge in [0.15, 0.2) is 0 Å². The Labute approximate surface area is 77.6 Å². The zero-order valence-corrected chi connectivity index (χ0v) is 8.84. The fraction of sp³-hybridized carbons (Fsp3) is 0.800. The van der Waals surface area contributed by atoms with Crippen molar-refractivity contribution in [3.05, 3.63) is 12.7 Å². The topological polar surface area (TPSA) is 9.23 Å². The molecule has 1 nitrogen and oxygen atoms in total. The number of ether oxygens (including phenoxy) is 1. The minimum Gasteiger partial charge on any atom is -0.384 e. The molecule has 0 radical (unpaired) electrons. The lowest BCUT2D eigenvalue weighted by atomic mass is 9.99. The Bertz CT molecular complexity index is 111. The van der Waals surface area contributed by atoms with Crippen LogP contribution < -0.4 is 0 Å². The van der Waals surface area contributed by atoms with Crippen LogP contribution in [0.2, 0.25) is 0 Å². The van der Waals surface area contributed by atoms with Crippen molar-refractivity contribution in [2.45, 2.75) is 45.7 Å². The van der Waals surface area contributed by atoms with Crippen molar-refractivity contribution in [3.63, 3.8) is 0 Å². The second-order valence-electron chi connectivity index (χ2n) is 3.96. The maximum absolute atomic E-state index is 5.73. The monoisotopic (exact) mass is 168 g/mol. The zero-order valence-electron chi connectivity index (χ0n) is 8.84. The molecular weight excluding hydrogens is 147 g/mol. The van der Waals surface area contributed by atoms with Gasteiger partial charge in [0.1, 0.15) is 7.85 Å². The average Bonchev–Trinajstić information content (AvgIpc) is 1.84. The van der Waals surface area contributed by atoms with E-state index in [0.29, 0.717) is 18.0 Å². The summed E-state index contributed by atoms with van der Waals surface area (Å²) in [5.74, 6) is 0.702. The highest BCUT2D eigenvalue weighted by Crippen LogP contribution is 2.13. The number of hydrogen-bond acceptors (Lipinski definition) is 1. The maximum atomic E-state index is 5.73. The Morgan fingerprint density at radius 3 is 2.33 bits per heavy atom. The molecule has 1 unspecified atom stereocenters. The molecule has 0 rings (SSSR count). The standard InChI is InChI=1S/C10H21BO/c1-5-6-10(7-8(2)3)12-9(4)11/h5,8-10H,1,6-7,11H2,2-4H3/t9?,10-/m0/s1. The van der Waals surface area contributed by atoms with Gasteiger partial charge < -0.3 is 4.74 Å². The van der Waals surface area contributed by atoms with Crippen molar-refractivity contribution >= 4 is 7.85 Å². The van der Waals surface area contributed by atoms with Gasteiger partial charge in [0, 0.05) is 6.00 Å². The largest absolute Gasteiger partial charge is 0.384 e. The van der Waals surface area contributed by atoms with Gasteiger partial charge in [-0.25, -0.2) is 0 Å². The first-order chi connectivity index (χ1) is 5.56. The smallest absolute Gasteiger partial charge is 0.138 e. The lowest BCUT2D eigenvalue weighted by molar-refractivity contribution is 0.0285. The van der Waals surface area contributed by atoms with Crippen LogP contribution in [0.3, 0.4) is 0 Å². The first-order valence-electron chi connectivity index (χ1n) is 4.82. The summed E-state index contributed by atoms with van der Waals surface area (Å²) in [6.07, 6.45) is 4.40.